The Hall–Kier alpha value is -1.95. The summed E-state index contributed by atoms with van der Waals surface area (Å²) in [5, 5.41) is 2.65. The van der Waals surface area contributed by atoms with E-state index in [-0.39, 0.29) is 5.69 Å². The number of nitrogens with two attached hydrogens (primary N) is 1. The maximum atomic E-state index is 12.7. The van der Waals surface area contributed by atoms with E-state index in [1.54, 1.807) is 18.2 Å². The second kappa shape index (κ2) is 5.14. The summed E-state index contributed by atoms with van der Waals surface area (Å²) >= 11 is 3.28. The molecular weight excluding hydrogens is 301 g/mol. The van der Waals surface area contributed by atoms with Crippen LogP contribution in [0.5, 0.6) is 0 Å². The van der Waals surface area contributed by atoms with Gasteiger partial charge in [-0.3, -0.25) is 4.79 Å². The van der Waals surface area contributed by atoms with Gasteiger partial charge < -0.3 is 11.1 Å². The maximum Gasteiger partial charge on any atom is 0.274 e. The highest BCUT2D eigenvalue weighted by Gasteiger charge is 2.09. The average molecular weight is 310 g/mol. The Morgan fingerprint density at radius 3 is 2.72 bits per heavy atom. The molecular formula is C12H9BrFN3O. The number of halogens is 2. The highest BCUT2D eigenvalue weighted by Crippen LogP contribution is 2.24. The molecule has 0 spiro atoms. The number of benzene rings is 1. The quantitative estimate of drug-likeness (QED) is 0.838. The highest BCUT2D eigenvalue weighted by atomic mass is 79.9. The van der Waals surface area contributed by atoms with Crippen LogP contribution in [-0.4, -0.2) is 10.9 Å². The smallest absolute Gasteiger partial charge is 0.274 e. The van der Waals surface area contributed by atoms with Crippen molar-refractivity contribution in [3.8, 4) is 0 Å². The lowest BCUT2D eigenvalue weighted by Crippen LogP contribution is -2.14. The Bertz CT molecular complexity index is 586. The molecule has 18 heavy (non-hydrogen) atoms. The van der Waals surface area contributed by atoms with Crippen molar-refractivity contribution in [2.75, 3.05) is 11.1 Å². The van der Waals surface area contributed by atoms with Gasteiger partial charge in [-0.2, -0.15) is 0 Å². The van der Waals surface area contributed by atoms with Crippen molar-refractivity contribution in [2.24, 2.45) is 0 Å². The summed E-state index contributed by atoms with van der Waals surface area (Å²) in [5.74, 6) is -0.902. The standard InChI is InChI=1S/C12H9BrFN3O/c13-9-5-8(15)2-4-10(9)17-12(18)11-3-1-7(14)6-16-11/h1-6H,15H2,(H,17,18). The largest absolute Gasteiger partial charge is 0.399 e. The number of anilines is 2. The molecule has 0 saturated carbocycles. The molecule has 2 aromatic rings. The number of hydrogen-bond donors (Lipinski definition) is 2. The third kappa shape index (κ3) is 2.84. The second-order valence-corrected chi connectivity index (χ2v) is 4.41. The molecule has 0 aliphatic heterocycles. The van der Waals surface area contributed by atoms with Gasteiger partial charge in [0.25, 0.3) is 5.91 Å². The molecule has 0 fully saturated rings. The van der Waals surface area contributed by atoms with Gasteiger partial charge in [0, 0.05) is 10.2 Å². The number of hydrogen-bond acceptors (Lipinski definition) is 3. The van der Waals surface area contributed by atoms with Crippen molar-refractivity contribution >= 4 is 33.2 Å². The summed E-state index contributed by atoms with van der Waals surface area (Å²) in [6.07, 6.45) is 0.993. The lowest BCUT2D eigenvalue weighted by Gasteiger charge is -2.07. The highest BCUT2D eigenvalue weighted by molar-refractivity contribution is 9.10. The Kier molecular flexibility index (Phi) is 3.57. The minimum absolute atomic E-state index is 0.139. The van der Waals surface area contributed by atoms with Crippen LogP contribution >= 0.6 is 15.9 Å². The van der Waals surface area contributed by atoms with E-state index in [4.69, 9.17) is 5.73 Å². The van der Waals surface area contributed by atoms with E-state index in [2.05, 4.69) is 26.2 Å². The van der Waals surface area contributed by atoms with Crippen molar-refractivity contribution in [3.63, 3.8) is 0 Å². The summed E-state index contributed by atoms with van der Waals surface area (Å²) in [4.78, 5) is 15.5. The first-order valence-corrected chi connectivity index (χ1v) is 5.83. The molecule has 92 valence electrons. The monoisotopic (exact) mass is 309 g/mol. The Morgan fingerprint density at radius 1 is 1.33 bits per heavy atom. The van der Waals surface area contributed by atoms with Crippen LogP contribution in [0.1, 0.15) is 10.5 Å². The van der Waals surface area contributed by atoms with Crippen LogP contribution in [0.25, 0.3) is 0 Å². The number of pyridine rings is 1. The van der Waals surface area contributed by atoms with Crippen LogP contribution in [0.3, 0.4) is 0 Å². The van der Waals surface area contributed by atoms with Crippen LogP contribution in [0.4, 0.5) is 15.8 Å². The first kappa shape index (κ1) is 12.5. The van der Waals surface area contributed by atoms with Crippen LogP contribution in [0.2, 0.25) is 0 Å². The fraction of sp³-hybridized carbons (Fsp3) is 0. The van der Waals surface area contributed by atoms with E-state index in [1.807, 2.05) is 0 Å². The van der Waals surface area contributed by atoms with E-state index < -0.39 is 11.7 Å². The van der Waals surface area contributed by atoms with Crippen LogP contribution in [-0.2, 0) is 0 Å². The first-order valence-electron chi connectivity index (χ1n) is 5.04. The summed E-state index contributed by atoms with van der Waals surface area (Å²) < 4.78 is 13.3. The number of nitrogens with zero attached hydrogens (tertiary/aromatic N) is 1. The number of aromatic nitrogens is 1. The van der Waals surface area contributed by atoms with Gasteiger partial charge in [-0.25, -0.2) is 9.37 Å². The normalized spacial score (nSPS) is 10.1. The van der Waals surface area contributed by atoms with E-state index >= 15 is 0 Å². The molecule has 2 rings (SSSR count). The molecule has 0 bridgehead atoms. The van der Waals surface area contributed by atoms with E-state index in [0.29, 0.717) is 15.8 Å². The summed E-state index contributed by atoms with van der Waals surface area (Å²) in [5.41, 5.74) is 6.88. The fourth-order valence-corrected chi connectivity index (χ4v) is 1.82. The van der Waals surface area contributed by atoms with Gasteiger partial charge in [0.2, 0.25) is 0 Å². The lowest BCUT2D eigenvalue weighted by atomic mass is 10.2. The molecule has 1 aromatic carbocycles. The molecule has 0 aliphatic rings. The van der Waals surface area contributed by atoms with Crippen molar-refractivity contribution in [3.05, 3.63) is 52.5 Å². The fourth-order valence-electron chi connectivity index (χ4n) is 1.33. The van der Waals surface area contributed by atoms with Crippen molar-refractivity contribution in [1.29, 1.82) is 0 Å². The SMILES string of the molecule is Nc1ccc(NC(=O)c2ccc(F)cn2)c(Br)c1. The molecule has 0 unspecified atom stereocenters. The third-order valence-corrected chi connectivity index (χ3v) is 2.86. The number of nitrogen functional groups attached to an aromatic ring is 1. The topological polar surface area (TPSA) is 68.0 Å². The van der Waals surface area contributed by atoms with Crippen molar-refractivity contribution in [1.82, 2.24) is 4.98 Å². The van der Waals surface area contributed by atoms with Crippen molar-refractivity contribution in [2.45, 2.75) is 0 Å². The number of rotatable bonds is 2. The predicted molar refractivity (Wildman–Crippen MR) is 70.7 cm³/mol. The zero-order chi connectivity index (χ0) is 13.1. The molecule has 1 amide bonds. The van der Waals surface area contributed by atoms with E-state index in [0.717, 1.165) is 6.20 Å². The van der Waals surface area contributed by atoms with Gasteiger partial charge in [0.15, 0.2) is 0 Å². The average Bonchev–Trinajstić information content (AvgIpc) is 2.33. The molecule has 6 heteroatoms. The molecule has 3 N–H and O–H groups in total. The zero-order valence-corrected chi connectivity index (χ0v) is 10.7. The van der Waals surface area contributed by atoms with Gasteiger partial charge in [-0.1, -0.05) is 0 Å². The third-order valence-electron chi connectivity index (χ3n) is 2.20. The van der Waals surface area contributed by atoms with Gasteiger partial charge >= 0.3 is 0 Å². The Labute approximate surface area is 111 Å². The molecule has 0 radical (unpaired) electrons. The zero-order valence-electron chi connectivity index (χ0n) is 9.15. The number of nitrogens with one attached hydrogen (secondary N) is 1. The minimum Gasteiger partial charge on any atom is -0.399 e. The van der Waals surface area contributed by atoms with Gasteiger partial charge in [0.1, 0.15) is 11.5 Å². The van der Waals surface area contributed by atoms with Crippen LogP contribution in [0, 0.1) is 5.82 Å². The number of carbonyl (C=O) groups is 1. The molecule has 1 heterocycles. The second-order valence-electron chi connectivity index (χ2n) is 3.56. The summed E-state index contributed by atoms with van der Waals surface area (Å²) in [7, 11) is 0. The molecule has 1 aromatic heterocycles. The maximum absolute atomic E-state index is 12.7. The van der Waals surface area contributed by atoms with E-state index in [1.165, 1.54) is 12.1 Å². The minimum atomic E-state index is -0.486. The van der Waals surface area contributed by atoms with Crippen LogP contribution in [0.15, 0.2) is 41.0 Å². The first-order chi connectivity index (χ1) is 8.56. The summed E-state index contributed by atoms with van der Waals surface area (Å²) in [6, 6.07) is 7.50. The summed E-state index contributed by atoms with van der Waals surface area (Å²) in [6.45, 7) is 0. The molecule has 0 aliphatic carbocycles. The lowest BCUT2D eigenvalue weighted by molar-refractivity contribution is 0.102. The van der Waals surface area contributed by atoms with E-state index in [9.17, 15) is 9.18 Å². The Morgan fingerprint density at radius 2 is 2.11 bits per heavy atom. The van der Waals surface area contributed by atoms with Crippen LogP contribution < -0.4 is 11.1 Å². The molecule has 0 saturated heterocycles. The van der Waals surface area contributed by atoms with Gasteiger partial charge in [-0.15, -0.1) is 0 Å². The molecule has 4 nitrogen and oxygen atoms in total. The van der Waals surface area contributed by atoms with Crippen molar-refractivity contribution < 1.29 is 9.18 Å². The van der Waals surface area contributed by atoms with Gasteiger partial charge in [0.05, 0.1) is 11.9 Å². The Balaban J connectivity index is 2.18. The number of carbonyl (C=O) groups excluding carboxylic acids is 1. The predicted octanol–water partition coefficient (Wildman–Crippen LogP) is 2.82. The van der Waals surface area contributed by atoms with Gasteiger partial charge in [-0.05, 0) is 46.3 Å². The number of amides is 1. The molecule has 0 atom stereocenters.